The smallest absolute Gasteiger partial charge is 0.223 e. The Balaban J connectivity index is 1.99. The van der Waals surface area contributed by atoms with Gasteiger partial charge in [-0.05, 0) is 5.56 Å². The number of hydrogen-bond donors (Lipinski definition) is 1. The molecule has 80 valence electrons. The second kappa shape index (κ2) is 4.45. The van der Waals surface area contributed by atoms with Gasteiger partial charge in [0.05, 0.1) is 6.54 Å². The van der Waals surface area contributed by atoms with E-state index in [0.29, 0.717) is 12.3 Å². The monoisotopic (exact) mass is 205 g/mol. The van der Waals surface area contributed by atoms with Crippen molar-refractivity contribution in [3.63, 3.8) is 0 Å². The lowest BCUT2D eigenvalue weighted by Crippen LogP contribution is -2.54. The van der Waals surface area contributed by atoms with E-state index in [9.17, 15) is 4.79 Å². The number of nitrogens with zero attached hydrogens (tertiary/aromatic N) is 1. The topological polar surface area (TPSA) is 48.0 Å². The van der Waals surface area contributed by atoms with Gasteiger partial charge in [-0.2, -0.15) is 0 Å². The first-order chi connectivity index (χ1) is 7.29. The Kier molecular flexibility index (Phi) is 3.02. The van der Waals surface area contributed by atoms with Crippen LogP contribution in [0.5, 0.6) is 0 Å². The Hall–Kier alpha value is -1.35. The summed E-state index contributed by atoms with van der Waals surface area (Å²) < 4.78 is 0. The minimum Gasteiger partial charge on any atom is -0.357 e. The predicted octanol–water partition coefficient (Wildman–Crippen LogP) is 0.277. The van der Waals surface area contributed by atoms with Crippen LogP contribution in [0.25, 0.3) is 0 Å². The third-order valence-corrected chi connectivity index (χ3v) is 2.92. The maximum absolute atomic E-state index is 11.6. The Morgan fingerprint density at radius 3 is 2.67 bits per heavy atom. The van der Waals surface area contributed by atoms with E-state index < -0.39 is 0 Å². The van der Waals surface area contributed by atoms with Crippen molar-refractivity contribution in [1.82, 2.24) is 4.90 Å². The van der Waals surface area contributed by atoms with E-state index in [1.54, 1.807) is 0 Å². The van der Waals surface area contributed by atoms with Crippen molar-refractivity contribution in [2.45, 2.75) is 13.0 Å². The van der Waals surface area contributed by atoms with Crippen molar-refractivity contribution in [2.24, 2.45) is 5.92 Å². The highest BCUT2D eigenvalue weighted by Crippen LogP contribution is 2.18. The van der Waals surface area contributed by atoms with E-state index in [0.717, 1.165) is 19.6 Å². The highest BCUT2D eigenvalue weighted by molar-refractivity contribution is 5.78. The third-order valence-electron chi connectivity index (χ3n) is 2.92. The van der Waals surface area contributed by atoms with Crippen LogP contribution >= 0.6 is 0 Å². The van der Waals surface area contributed by atoms with Crippen molar-refractivity contribution in [3.05, 3.63) is 35.9 Å². The van der Waals surface area contributed by atoms with Crippen molar-refractivity contribution in [1.29, 1.82) is 0 Å². The average molecular weight is 205 g/mol. The predicted molar refractivity (Wildman–Crippen MR) is 57.7 cm³/mol. The summed E-state index contributed by atoms with van der Waals surface area (Å²) in [4.78, 5) is 13.6. The molecular weight excluding hydrogens is 188 g/mol. The van der Waals surface area contributed by atoms with Crippen molar-refractivity contribution >= 4 is 5.91 Å². The summed E-state index contributed by atoms with van der Waals surface area (Å²) in [7, 11) is 0. The van der Waals surface area contributed by atoms with Crippen LogP contribution in [0.4, 0.5) is 0 Å². The zero-order valence-corrected chi connectivity index (χ0v) is 8.86. The van der Waals surface area contributed by atoms with Gasteiger partial charge in [-0.15, -0.1) is 0 Å². The minimum absolute atomic E-state index is 0.271. The summed E-state index contributed by atoms with van der Waals surface area (Å²) >= 11 is 0. The molecule has 1 heterocycles. The third kappa shape index (κ3) is 2.36. The largest absolute Gasteiger partial charge is 0.357 e. The number of likely N-dealkylation sites (tertiary alicyclic amines) is 1. The Morgan fingerprint density at radius 2 is 2.07 bits per heavy atom. The van der Waals surface area contributed by atoms with E-state index in [4.69, 9.17) is 0 Å². The molecule has 0 radical (unpaired) electrons. The highest BCUT2D eigenvalue weighted by atomic mass is 16.2. The first-order valence-corrected chi connectivity index (χ1v) is 5.40. The summed E-state index contributed by atoms with van der Waals surface area (Å²) in [5.41, 5.74) is 5.07. The van der Waals surface area contributed by atoms with Gasteiger partial charge in [-0.3, -0.25) is 4.79 Å². The number of amides is 1. The molecule has 1 aliphatic heterocycles. The molecule has 0 bridgehead atoms. The van der Waals surface area contributed by atoms with Gasteiger partial charge in [0, 0.05) is 25.4 Å². The molecular formula is C12H17N2O+. The van der Waals surface area contributed by atoms with Gasteiger partial charge < -0.3 is 10.6 Å². The zero-order chi connectivity index (χ0) is 10.7. The summed E-state index contributed by atoms with van der Waals surface area (Å²) in [6, 6.07) is 10.1. The van der Waals surface area contributed by atoms with Crippen molar-refractivity contribution in [3.8, 4) is 0 Å². The average Bonchev–Trinajstić information content (AvgIpc) is 2.61. The number of benzene rings is 1. The summed E-state index contributed by atoms with van der Waals surface area (Å²) in [5.74, 6) is 0.730. The number of quaternary nitrogens is 1. The fraction of sp³-hybridized carbons (Fsp3) is 0.417. The molecule has 1 atom stereocenters. The SMILES string of the molecule is [NH3+]C[C@@H]1CC(=O)N(Cc2ccccc2)C1. The van der Waals surface area contributed by atoms with Crippen LogP contribution in [-0.4, -0.2) is 23.9 Å². The number of carbonyl (C=O) groups excluding carboxylic acids is 1. The summed E-state index contributed by atoms with van der Waals surface area (Å²) in [5, 5.41) is 0. The quantitative estimate of drug-likeness (QED) is 0.757. The van der Waals surface area contributed by atoms with Crippen LogP contribution in [-0.2, 0) is 11.3 Å². The van der Waals surface area contributed by atoms with Gasteiger partial charge in [-0.1, -0.05) is 30.3 Å². The maximum Gasteiger partial charge on any atom is 0.223 e. The first-order valence-electron chi connectivity index (χ1n) is 5.40. The van der Waals surface area contributed by atoms with E-state index in [1.165, 1.54) is 5.56 Å². The van der Waals surface area contributed by atoms with E-state index in [2.05, 4.69) is 17.9 Å². The Labute approximate surface area is 89.9 Å². The zero-order valence-electron chi connectivity index (χ0n) is 8.86. The molecule has 3 N–H and O–H groups in total. The molecule has 1 fully saturated rings. The Bertz CT molecular complexity index is 337. The van der Waals surface area contributed by atoms with Crippen LogP contribution in [0, 0.1) is 5.92 Å². The van der Waals surface area contributed by atoms with Gasteiger partial charge >= 0.3 is 0 Å². The molecule has 1 aromatic rings. The standard InChI is InChI=1S/C12H16N2O/c13-7-11-6-12(15)14(9-11)8-10-4-2-1-3-5-10/h1-5,11H,6-9,13H2/p+1/t11-/m0/s1. The Morgan fingerprint density at radius 1 is 1.33 bits per heavy atom. The van der Waals surface area contributed by atoms with Crippen LogP contribution in [0.1, 0.15) is 12.0 Å². The van der Waals surface area contributed by atoms with Crippen molar-refractivity contribution < 1.29 is 10.5 Å². The minimum atomic E-state index is 0.271. The number of carbonyl (C=O) groups is 1. The van der Waals surface area contributed by atoms with Gasteiger partial charge in [-0.25, -0.2) is 0 Å². The molecule has 1 aromatic carbocycles. The molecule has 1 saturated heterocycles. The van der Waals surface area contributed by atoms with Crippen LogP contribution in [0.2, 0.25) is 0 Å². The van der Waals surface area contributed by atoms with Crippen LogP contribution in [0.3, 0.4) is 0 Å². The van der Waals surface area contributed by atoms with Crippen LogP contribution < -0.4 is 5.73 Å². The van der Waals surface area contributed by atoms with Gasteiger partial charge in [0.15, 0.2) is 0 Å². The number of rotatable bonds is 3. The number of hydrogen-bond acceptors (Lipinski definition) is 1. The molecule has 1 amide bonds. The summed E-state index contributed by atoms with van der Waals surface area (Å²) in [6.07, 6.45) is 0.677. The molecule has 15 heavy (non-hydrogen) atoms. The molecule has 2 rings (SSSR count). The van der Waals surface area contributed by atoms with E-state index >= 15 is 0 Å². The van der Waals surface area contributed by atoms with Gasteiger partial charge in [0.1, 0.15) is 0 Å². The van der Waals surface area contributed by atoms with E-state index in [1.807, 2.05) is 23.1 Å². The lowest BCUT2D eigenvalue weighted by atomic mass is 10.1. The molecule has 1 aliphatic rings. The molecule has 0 aliphatic carbocycles. The van der Waals surface area contributed by atoms with Crippen molar-refractivity contribution in [2.75, 3.05) is 13.1 Å². The van der Waals surface area contributed by atoms with Gasteiger partial charge in [0.25, 0.3) is 0 Å². The second-order valence-corrected chi connectivity index (χ2v) is 4.12. The molecule has 3 nitrogen and oxygen atoms in total. The normalized spacial score (nSPS) is 21.0. The van der Waals surface area contributed by atoms with Crippen LogP contribution in [0.15, 0.2) is 30.3 Å². The maximum atomic E-state index is 11.6. The lowest BCUT2D eigenvalue weighted by Gasteiger charge is -2.15. The fourth-order valence-electron chi connectivity index (χ4n) is 2.00. The van der Waals surface area contributed by atoms with E-state index in [-0.39, 0.29) is 5.91 Å². The second-order valence-electron chi connectivity index (χ2n) is 4.12. The molecule has 0 spiro atoms. The highest BCUT2D eigenvalue weighted by Gasteiger charge is 2.29. The van der Waals surface area contributed by atoms with Gasteiger partial charge in [0.2, 0.25) is 5.91 Å². The molecule has 0 saturated carbocycles. The molecule has 0 unspecified atom stereocenters. The molecule has 0 aromatic heterocycles. The lowest BCUT2D eigenvalue weighted by molar-refractivity contribution is -0.377. The summed E-state index contributed by atoms with van der Waals surface area (Å²) in [6.45, 7) is 2.48. The fourth-order valence-corrected chi connectivity index (χ4v) is 2.00. The first kappa shape index (κ1) is 10.2. The molecule has 3 heteroatoms.